The highest BCUT2D eigenvalue weighted by atomic mass is 16.7. The molecule has 2 N–H and O–H groups in total. The Bertz CT molecular complexity index is 1170. The maximum atomic E-state index is 12.9. The highest BCUT2D eigenvalue weighted by molar-refractivity contribution is 5.88. The first-order chi connectivity index (χ1) is 16.9. The molecule has 2 atom stereocenters. The quantitative estimate of drug-likeness (QED) is 0.343. The Morgan fingerprint density at radius 2 is 1.86 bits per heavy atom. The summed E-state index contributed by atoms with van der Waals surface area (Å²) in [6.07, 6.45) is 0.866. The second kappa shape index (κ2) is 11.1. The van der Waals surface area contributed by atoms with Crippen LogP contribution in [0.4, 0.5) is 5.69 Å². The van der Waals surface area contributed by atoms with Crippen LogP contribution in [0.5, 0.6) is 0 Å². The largest absolute Gasteiger partial charge is 0.481 e. The van der Waals surface area contributed by atoms with Crippen molar-refractivity contribution in [2.45, 2.75) is 39.1 Å². The summed E-state index contributed by atoms with van der Waals surface area (Å²) < 4.78 is 11.3. The maximum absolute atomic E-state index is 12.9. The van der Waals surface area contributed by atoms with Gasteiger partial charge in [-0.2, -0.15) is 0 Å². The zero-order chi connectivity index (χ0) is 24.8. The van der Waals surface area contributed by atoms with Crippen molar-refractivity contribution in [2.75, 3.05) is 18.6 Å². The summed E-state index contributed by atoms with van der Waals surface area (Å²) in [5.41, 5.74) is 4.66. The molecule has 2 aromatic carbocycles. The number of ether oxygens (including phenoxy) is 2. The minimum atomic E-state index is -0.845. The Morgan fingerprint density at radius 1 is 1.11 bits per heavy atom. The van der Waals surface area contributed by atoms with Crippen LogP contribution in [0.3, 0.4) is 0 Å². The van der Waals surface area contributed by atoms with Crippen LogP contribution in [0.1, 0.15) is 58.9 Å². The maximum Gasteiger partial charge on any atom is 0.359 e. The molecule has 0 bridgehead atoms. The van der Waals surface area contributed by atoms with Crippen molar-refractivity contribution in [3.8, 4) is 0 Å². The van der Waals surface area contributed by atoms with E-state index in [2.05, 4.69) is 22.1 Å². The summed E-state index contributed by atoms with van der Waals surface area (Å²) in [6.45, 7) is 5.59. The van der Waals surface area contributed by atoms with Gasteiger partial charge in [-0.3, -0.25) is 9.69 Å². The van der Waals surface area contributed by atoms with Crippen molar-refractivity contribution in [3.05, 3.63) is 94.8 Å². The van der Waals surface area contributed by atoms with Crippen molar-refractivity contribution in [1.29, 1.82) is 0 Å². The van der Waals surface area contributed by atoms with Crippen molar-refractivity contribution < 1.29 is 24.2 Å². The van der Waals surface area contributed by atoms with E-state index in [9.17, 15) is 9.59 Å². The van der Waals surface area contributed by atoms with E-state index < -0.39 is 18.2 Å². The van der Waals surface area contributed by atoms with Gasteiger partial charge in [0.25, 0.3) is 0 Å². The van der Waals surface area contributed by atoms with Crippen LogP contribution in [0.25, 0.3) is 0 Å². The van der Waals surface area contributed by atoms with Gasteiger partial charge in [0.1, 0.15) is 5.69 Å². The van der Waals surface area contributed by atoms with Gasteiger partial charge in [0.05, 0.1) is 25.0 Å². The molecule has 0 aliphatic carbocycles. The molecule has 0 saturated carbocycles. The molecule has 0 amide bonds. The van der Waals surface area contributed by atoms with E-state index in [0.717, 1.165) is 27.9 Å². The van der Waals surface area contributed by atoms with Gasteiger partial charge in [-0.05, 0) is 36.6 Å². The number of carbonyl (C=O) groups is 2. The molecule has 2 heterocycles. The number of aliphatic carboxylic acids is 1. The Morgan fingerprint density at radius 3 is 2.54 bits per heavy atom. The van der Waals surface area contributed by atoms with Gasteiger partial charge in [-0.15, -0.1) is 0 Å². The summed E-state index contributed by atoms with van der Waals surface area (Å²) in [5.74, 6) is -1.39. The Balaban J connectivity index is 1.46. The molecular weight excluding hydrogens is 446 g/mol. The van der Waals surface area contributed by atoms with Crippen LogP contribution in [0, 0.1) is 0 Å². The lowest BCUT2D eigenvalue weighted by Gasteiger charge is -2.34. The second-order valence-electron chi connectivity index (χ2n) is 8.40. The zero-order valence-electron chi connectivity index (χ0n) is 19.8. The Hall–Kier alpha value is -3.75. The standard InChI is InChI=1S/C27H29N3O5/c1-3-34-27(21-7-5-4-6-8-21)35-26(33)23-14-22-16-30(17-29-24(22)15-28-23)18(2)20-11-9-19(10-12-20)13-25(31)32/h4-12,14-15,18,27,29H,3,13,16-17H2,1-2H3,(H,31,32). The lowest BCUT2D eigenvalue weighted by Crippen LogP contribution is -2.36. The third kappa shape index (κ3) is 6.03. The monoisotopic (exact) mass is 475 g/mol. The van der Waals surface area contributed by atoms with Gasteiger partial charge < -0.3 is 19.9 Å². The number of pyridine rings is 1. The number of carbonyl (C=O) groups excluding carboxylic acids is 1. The average molecular weight is 476 g/mol. The number of carboxylic acid groups (broad SMARTS) is 1. The normalized spacial score (nSPS) is 14.9. The fourth-order valence-electron chi connectivity index (χ4n) is 4.05. The highest BCUT2D eigenvalue weighted by Gasteiger charge is 2.25. The van der Waals surface area contributed by atoms with E-state index in [0.29, 0.717) is 19.8 Å². The number of hydrogen-bond donors (Lipinski definition) is 2. The van der Waals surface area contributed by atoms with Crippen molar-refractivity contribution in [1.82, 2.24) is 9.88 Å². The lowest BCUT2D eigenvalue weighted by atomic mass is 10.0. The van der Waals surface area contributed by atoms with Crippen LogP contribution < -0.4 is 5.32 Å². The molecule has 8 heteroatoms. The number of benzene rings is 2. The SMILES string of the molecule is CCOC(OC(=O)c1cc2c(cn1)NCN(C(C)c1ccc(CC(=O)O)cc1)C2)c1ccccc1. The Kier molecular flexibility index (Phi) is 7.74. The third-order valence-corrected chi connectivity index (χ3v) is 6.01. The van der Waals surface area contributed by atoms with E-state index in [-0.39, 0.29) is 18.2 Å². The fourth-order valence-corrected chi connectivity index (χ4v) is 4.05. The number of nitrogens with one attached hydrogen (secondary N) is 1. The molecule has 8 nitrogen and oxygen atoms in total. The van der Waals surface area contributed by atoms with Crippen molar-refractivity contribution in [2.24, 2.45) is 0 Å². The number of esters is 1. The summed E-state index contributed by atoms with van der Waals surface area (Å²) in [4.78, 5) is 30.4. The number of fused-ring (bicyclic) bond motifs is 1. The van der Waals surface area contributed by atoms with Gasteiger partial charge in [-0.1, -0.05) is 54.6 Å². The van der Waals surface area contributed by atoms with Crippen molar-refractivity contribution in [3.63, 3.8) is 0 Å². The predicted molar refractivity (Wildman–Crippen MR) is 131 cm³/mol. The molecule has 1 aliphatic heterocycles. The highest BCUT2D eigenvalue weighted by Crippen LogP contribution is 2.29. The van der Waals surface area contributed by atoms with Gasteiger partial charge >= 0.3 is 11.9 Å². The summed E-state index contributed by atoms with van der Waals surface area (Å²) in [7, 11) is 0. The number of carboxylic acids is 1. The van der Waals surface area contributed by atoms with E-state index >= 15 is 0 Å². The topological polar surface area (TPSA) is 101 Å². The van der Waals surface area contributed by atoms with Gasteiger partial charge in [-0.25, -0.2) is 9.78 Å². The first-order valence-corrected chi connectivity index (χ1v) is 11.6. The minimum absolute atomic E-state index is 0.00755. The van der Waals surface area contributed by atoms with E-state index in [1.807, 2.05) is 61.5 Å². The molecule has 182 valence electrons. The zero-order valence-corrected chi connectivity index (χ0v) is 19.8. The Labute approximate surface area is 204 Å². The molecular formula is C27H29N3O5. The summed E-state index contributed by atoms with van der Waals surface area (Å²) in [5, 5.41) is 12.3. The van der Waals surface area contributed by atoms with E-state index in [1.54, 1.807) is 12.3 Å². The van der Waals surface area contributed by atoms with E-state index in [1.165, 1.54) is 0 Å². The number of nitrogens with zero attached hydrogens (tertiary/aromatic N) is 2. The second-order valence-corrected chi connectivity index (χ2v) is 8.40. The lowest BCUT2D eigenvalue weighted by molar-refractivity contribution is -0.136. The number of hydrogen-bond acceptors (Lipinski definition) is 7. The molecule has 0 spiro atoms. The van der Waals surface area contributed by atoms with Gasteiger partial charge in [0.2, 0.25) is 6.29 Å². The third-order valence-electron chi connectivity index (χ3n) is 6.01. The van der Waals surface area contributed by atoms with Crippen LogP contribution in [0.15, 0.2) is 66.9 Å². The van der Waals surface area contributed by atoms with E-state index in [4.69, 9.17) is 14.6 Å². The van der Waals surface area contributed by atoms with Crippen LogP contribution in [-0.4, -0.2) is 40.2 Å². The molecule has 2 unspecified atom stereocenters. The number of anilines is 1. The molecule has 0 radical (unpaired) electrons. The smallest absolute Gasteiger partial charge is 0.359 e. The predicted octanol–water partition coefficient (Wildman–Crippen LogP) is 4.55. The van der Waals surface area contributed by atoms with Crippen molar-refractivity contribution >= 4 is 17.6 Å². The number of rotatable bonds is 9. The molecule has 1 aromatic heterocycles. The summed E-state index contributed by atoms with van der Waals surface area (Å²) in [6, 6.07) is 18.8. The first-order valence-electron chi connectivity index (χ1n) is 11.6. The molecule has 0 fully saturated rings. The van der Waals surface area contributed by atoms with Crippen LogP contribution in [0.2, 0.25) is 0 Å². The molecule has 3 aromatic rings. The summed E-state index contributed by atoms with van der Waals surface area (Å²) >= 11 is 0. The average Bonchev–Trinajstić information content (AvgIpc) is 2.88. The minimum Gasteiger partial charge on any atom is -0.481 e. The van der Waals surface area contributed by atoms with Gasteiger partial charge in [0, 0.05) is 24.8 Å². The number of aromatic nitrogens is 1. The molecule has 4 rings (SSSR count). The van der Waals surface area contributed by atoms with Crippen LogP contribution in [-0.2, 0) is 27.2 Å². The van der Waals surface area contributed by atoms with Crippen LogP contribution >= 0.6 is 0 Å². The molecule has 0 saturated heterocycles. The first kappa shape index (κ1) is 24.4. The molecule has 1 aliphatic rings. The fraction of sp³-hybridized carbons (Fsp3) is 0.296. The van der Waals surface area contributed by atoms with Gasteiger partial charge in [0.15, 0.2) is 0 Å². The molecule has 35 heavy (non-hydrogen) atoms.